The number of thioether (sulfide) groups is 1. The first-order valence-corrected chi connectivity index (χ1v) is 10.9. The highest BCUT2D eigenvalue weighted by Crippen LogP contribution is 2.28. The Morgan fingerprint density at radius 1 is 1.07 bits per heavy atom. The van der Waals surface area contributed by atoms with Gasteiger partial charge in [0.1, 0.15) is 12.4 Å². The van der Waals surface area contributed by atoms with Crippen LogP contribution in [0.1, 0.15) is 22.3 Å². The van der Waals surface area contributed by atoms with E-state index in [1.165, 1.54) is 34.2 Å². The summed E-state index contributed by atoms with van der Waals surface area (Å²) in [6.07, 6.45) is -0.575. The summed E-state index contributed by atoms with van der Waals surface area (Å²) in [6, 6.07) is 14.3. The van der Waals surface area contributed by atoms with E-state index in [1.54, 1.807) is 0 Å². The molecular formula is C21H25N3O2S2. The molecule has 5 nitrogen and oxygen atoms in total. The molecule has 2 aromatic carbocycles. The zero-order valence-electron chi connectivity index (χ0n) is 16.3. The van der Waals surface area contributed by atoms with Gasteiger partial charge in [0.25, 0.3) is 0 Å². The third-order valence-electron chi connectivity index (χ3n) is 4.39. The number of aliphatic hydroxyl groups is 1. The van der Waals surface area contributed by atoms with Crippen molar-refractivity contribution in [3.8, 4) is 5.75 Å². The van der Waals surface area contributed by atoms with Crippen LogP contribution < -0.4 is 10.1 Å². The second kappa shape index (κ2) is 9.91. The molecule has 0 aliphatic carbocycles. The van der Waals surface area contributed by atoms with Crippen LogP contribution in [0.15, 0.2) is 46.8 Å². The molecule has 0 amide bonds. The molecule has 28 heavy (non-hydrogen) atoms. The number of nitrogens with one attached hydrogen (secondary N) is 1. The number of rotatable bonds is 9. The van der Waals surface area contributed by atoms with E-state index in [4.69, 9.17) is 4.74 Å². The fraction of sp³-hybridized carbons (Fsp3) is 0.333. The van der Waals surface area contributed by atoms with Crippen LogP contribution in [0.5, 0.6) is 5.75 Å². The number of ether oxygens (including phenoxy) is 1. The lowest BCUT2D eigenvalue weighted by Crippen LogP contribution is -2.20. The van der Waals surface area contributed by atoms with Gasteiger partial charge in [-0.2, -0.15) is 0 Å². The van der Waals surface area contributed by atoms with Gasteiger partial charge >= 0.3 is 0 Å². The minimum atomic E-state index is -0.575. The summed E-state index contributed by atoms with van der Waals surface area (Å²) in [5, 5.41) is 22.7. The van der Waals surface area contributed by atoms with Crippen molar-refractivity contribution < 1.29 is 9.84 Å². The van der Waals surface area contributed by atoms with Crippen molar-refractivity contribution >= 4 is 28.2 Å². The van der Waals surface area contributed by atoms with Gasteiger partial charge in [-0.3, -0.25) is 0 Å². The molecule has 7 heteroatoms. The molecule has 1 aromatic heterocycles. The predicted octanol–water partition coefficient (Wildman–Crippen LogP) is 4.61. The Labute approximate surface area is 174 Å². The van der Waals surface area contributed by atoms with Crippen LogP contribution in [0.25, 0.3) is 0 Å². The fourth-order valence-electron chi connectivity index (χ4n) is 2.66. The monoisotopic (exact) mass is 415 g/mol. The molecule has 1 atom stereocenters. The lowest BCUT2D eigenvalue weighted by Gasteiger charge is -2.16. The number of nitrogens with zero attached hydrogens (tertiary/aromatic N) is 2. The zero-order chi connectivity index (χ0) is 19.9. The maximum absolute atomic E-state index is 10.3. The smallest absolute Gasteiger partial charge is 0.206 e. The van der Waals surface area contributed by atoms with E-state index in [-0.39, 0.29) is 6.61 Å². The van der Waals surface area contributed by atoms with Crippen LogP contribution in [0.3, 0.4) is 0 Å². The van der Waals surface area contributed by atoms with Crippen molar-refractivity contribution in [1.29, 1.82) is 0 Å². The minimum Gasteiger partial charge on any atom is -0.490 e. The van der Waals surface area contributed by atoms with Crippen LogP contribution in [0.4, 0.5) is 5.13 Å². The number of hydrogen-bond donors (Lipinski definition) is 2. The van der Waals surface area contributed by atoms with E-state index in [2.05, 4.69) is 40.6 Å². The first-order valence-electron chi connectivity index (χ1n) is 9.14. The van der Waals surface area contributed by atoms with Gasteiger partial charge in [-0.05, 0) is 43.0 Å². The van der Waals surface area contributed by atoms with Crippen molar-refractivity contribution in [2.45, 2.75) is 37.8 Å². The SMILES string of the molecule is Cc1ccc(C)c(OC[C@H](O)CSc2nnc(NCc3ccccc3)s2)c1C. The fourth-order valence-corrected chi connectivity index (χ4v) is 4.34. The Balaban J connectivity index is 1.44. The van der Waals surface area contributed by atoms with Crippen LogP contribution in [0.2, 0.25) is 0 Å². The molecule has 0 aliphatic rings. The van der Waals surface area contributed by atoms with Gasteiger partial charge in [0, 0.05) is 12.3 Å². The predicted molar refractivity (Wildman–Crippen MR) is 117 cm³/mol. The topological polar surface area (TPSA) is 67.3 Å². The molecule has 1 heterocycles. The van der Waals surface area contributed by atoms with Crippen LogP contribution in [0, 0.1) is 20.8 Å². The third-order valence-corrected chi connectivity index (χ3v) is 6.55. The van der Waals surface area contributed by atoms with Gasteiger partial charge in [-0.25, -0.2) is 0 Å². The maximum atomic E-state index is 10.3. The Morgan fingerprint density at radius 2 is 1.82 bits per heavy atom. The molecule has 0 fully saturated rings. The Hall–Kier alpha value is -2.09. The summed E-state index contributed by atoms with van der Waals surface area (Å²) in [7, 11) is 0. The van der Waals surface area contributed by atoms with Crippen LogP contribution in [-0.4, -0.2) is 33.8 Å². The minimum absolute atomic E-state index is 0.260. The summed E-state index contributed by atoms with van der Waals surface area (Å²) in [6.45, 7) is 7.10. The Morgan fingerprint density at radius 3 is 2.61 bits per heavy atom. The molecule has 0 spiro atoms. The van der Waals surface area contributed by atoms with Crippen LogP contribution in [-0.2, 0) is 6.54 Å². The van der Waals surface area contributed by atoms with Crippen molar-refractivity contribution in [2.24, 2.45) is 0 Å². The van der Waals surface area contributed by atoms with Gasteiger partial charge in [-0.15, -0.1) is 10.2 Å². The van der Waals surface area contributed by atoms with Crippen LogP contribution >= 0.6 is 23.1 Å². The number of anilines is 1. The standard InChI is InChI=1S/C21H25N3O2S2/c1-14-9-10-15(2)19(16(14)3)26-12-18(25)13-27-21-24-23-20(28-21)22-11-17-7-5-4-6-8-17/h4-10,18,25H,11-13H2,1-3H3,(H,22,23)/t18-/m0/s1. The number of aromatic nitrogens is 2. The van der Waals surface area contributed by atoms with E-state index in [0.717, 1.165) is 26.3 Å². The number of hydrogen-bond acceptors (Lipinski definition) is 7. The average Bonchev–Trinajstić information content (AvgIpc) is 3.16. The van der Waals surface area contributed by atoms with Gasteiger partial charge in [-0.1, -0.05) is 65.6 Å². The normalized spacial score (nSPS) is 12.0. The molecule has 0 bridgehead atoms. The molecule has 0 saturated heterocycles. The van der Waals surface area contributed by atoms with E-state index >= 15 is 0 Å². The van der Waals surface area contributed by atoms with Gasteiger partial charge in [0.05, 0.1) is 6.10 Å². The molecule has 3 aromatic rings. The molecule has 148 valence electrons. The van der Waals surface area contributed by atoms with E-state index in [9.17, 15) is 5.11 Å². The number of aryl methyl sites for hydroxylation is 2. The first-order chi connectivity index (χ1) is 13.5. The van der Waals surface area contributed by atoms with Crippen molar-refractivity contribution in [3.05, 3.63) is 64.7 Å². The molecule has 2 N–H and O–H groups in total. The zero-order valence-corrected chi connectivity index (χ0v) is 17.9. The number of benzene rings is 2. The molecule has 0 radical (unpaired) electrons. The van der Waals surface area contributed by atoms with E-state index in [0.29, 0.717) is 12.3 Å². The van der Waals surface area contributed by atoms with Crippen molar-refractivity contribution in [3.63, 3.8) is 0 Å². The van der Waals surface area contributed by atoms with Gasteiger partial charge in [0.2, 0.25) is 5.13 Å². The molecule has 0 aliphatic heterocycles. The molecule has 3 rings (SSSR count). The van der Waals surface area contributed by atoms with E-state index in [1.807, 2.05) is 38.1 Å². The van der Waals surface area contributed by atoms with E-state index < -0.39 is 6.10 Å². The summed E-state index contributed by atoms with van der Waals surface area (Å²) < 4.78 is 6.71. The van der Waals surface area contributed by atoms with Gasteiger partial charge in [0.15, 0.2) is 4.34 Å². The lowest BCUT2D eigenvalue weighted by molar-refractivity contribution is 0.125. The first kappa shape index (κ1) is 20.6. The number of aliphatic hydroxyl groups excluding tert-OH is 1. The summed E-state index contributed by atoms with van der Waals surface area (Å²) in [4.78, 5) is 0. The summed E-state index contributed by atoms with van der Waals surface area (Å²) in [5.74, 6) is 1.38. The lowest BCUT2D eigenvalue weighted by atomic mass is 10.1. The molecule has 0 saturated carbocycles. The highest BCUT2D eigenvalue weighted by atomic mass is 32.2. The average molecular weight is 416 g/mol. The third kappa shape index (κ3) is 5.70. The largest absolute Gasteiger partial charge is 0.490 e. The van der Waals surface area contributed by atoms with Gasteiger partial charge < -0.3 is 15.2 Å². The molecule has 0 unspecified atom stereocenters. The second-order valence-corrected chi connectivity index (χ2v) is 8.89. The Bertz CT molecular complexity index is 900. The second-order valence-electron chi connectivity index (χ2n) is 6.64. The maximum Gasteiger partial charge on any atom is 0.206 e. The Kier molecular flexibility index (Phi) is 7.30. The quantitative estimate of drug-likeness (QED) is 0.498. The van der Waals surface area contributed by atoms with Crippen molar-refractivity contribution in [2.75, 3.05) is 17.7 Å². The molecular weight excluding hydrogens is 390 g/mol. The summed E-state index contributed by atoms with van der Waals surface area (Å²) in [5.41, 5.74) is 4.59. The van der Waals surface area contributed by atoms with Crippen molar-refractivity contribution in [1.82, 2.24) is 10.2 Å². The summed E-state index contributed by atoms with van der Waals surface area (Å²) >= 11 is 2.99. The highest BCUT2D eigenvalue weighted by Gasteiger charge is 2.12. The highest BCUT2D eigenvalue weighted by molar-refractivity contribution is 8.01.